The number of nitrogens with two attached hydrogens (primary N) is 1. The van der Waals surface area contributed by atoms with Crippen LogP contribution in [0.15, 0.2) is 0 Å². The second-order valence-corrected chi connectivity index (χ2v) is 5.48. The first kappa shape index (κ1) is 11.9. The molecule has 90 valence electrons. The highest BCUT2D eigenvalue weighted by atomic mass is 15.2. The number of terminal acetylenes is 1. The third-order valence-corrected chi connectivity index (χ3v) is 4.40. The molecule has 2 fully saturated rings. The first-order chi connectivity index (χ1) is 7.60. The Balaban J connectivity index is 2.10. The van der Waals surface area contributed by atoms with E-state index in [9.17, 15) is 0 Å². The summed E-state index contributed by atoms with van der Waals surface area (Å²) >= 11 is 0. The van der Waals surface area contributed by atoms with E-state index < -0.39 is 0 Å². The maximum atomic E-state index is 5.99. The standard InChI is InChI=1S/C13H23N3/c1-4-10(2)15-13(9-14)7-11-5-6-12(8-13)16(11)3/h1,10-12,15H,5-9,14H2,2-3H3. The second-order valence-electron chi connectivity index (χ2n) is 5.48. The van der Waals surface area contributed by atoms with Crippen LogP contribution in [0.3, 0.4) is 0 Å². The Labute approximate surface area is 98.8 Å². The topological polar surface area (TPSA) is 41.3 Å². The van der Waals surface area contributed by atoms with Crippen LogP contribution in [0, 0.1) is 12.3 Å². The molecule has 0 aliphatic carbocycles. The van der Waals surface area contributed by atoms with E-state index in [2.05, 4.69) is 23.2 Å². The van der Waals surface area contributed by atoms with Crippen molar-refractivity contribution in [2.24, 2.45) is 5.73 Å². The molecule has 2 aliphatic heterocycles. The van der Waals surface area contributed by atoms with E-state index in [0.29, 0.717) is 18.6 Å². The largest absolute Gasteiger partial charge is 0.329 e. The van der Waals surface area contributed by atoms with Crippen molar-refractivity contribution < 1.29 is 0 Å². The average Bonchev–Trinajstić information content (AvgIpc) is 2.54. The molecule has 3 N–H and O–H groups in total. The van der Waals surface area contributed by atoms with E-state index in [0.717, 1.165) is 12.8 Å². The summed E-state index contributed by atoms with van der Waals surface area (Å²) in [5, 5.41) is 3.57. The molecule has 16 heavy (non-hydrogen) atoms. The summed E-state index contributed by atoms with van der Waals surface area (Å²) in [6.07, 6.45) is 10.4. The summed E-state index contributed by atoms with van der Waals surface area (Å²) in [4.78, 5) is 2.52. The van der Waals surface area contributed by atoms with Gasteiger partial charge in [-0.3, -0.25) is 5.32 Å². The van der Waals surface area contributed by atoms with Crippen LogP contribution in [-0.4, -0.2) is 42.2 Å². The molecule has 0 amide bonds. The first-order valence-corrected chi connectivity index (χ1v) is 6.26. The number of nitrogens with one attached hydrogen (secondary N) is 1. The van der Waals surface area contributed by atoms with Crippen LogP contribution in [0.1, 0.15) is 32.6 Å². The molecular formula is C13H23N3. The summed E-state index contributed by atoms with van der Waals surface area (Å²) in [5.41, 5.74) is 6.06. The maximum Gasteiger partial charge on any atom is 0.0663 e. The van der Waals surface area contributed by atoms with Crippen molar-refractivity contribution in [3.05, 3.63) is 0 Å². The zero-order valence-electron chi connectivity index (χ0n) is 10.4. The van der Waals surface area contributed by atoms with Crippen molar-refractivity contribution in [1.82, 2.24) is 10.2 Å². The molecule has 0 aromatic carbocycles. The molecule has 2 rings (SSSR count). The highest BCUT2D eigenvalue weighted by molar-refractivity contribution is 5.09. The van der Waals surface area contributed by atoms with E-state index in [1.807, 2.05) is 6.92 Å². The van der Waals surface area contributed by atoms with Crippen LogP contribution < -0.4 is 11.1 Å². The lowest BCUT2D eigenvalue weighted by atomic mass is 9.82. The zero-order chi connectivity index (χ0) is 11.8. The Morgan fingerprint density at radius 1 is 1.50 bits per heavy atom. The van der Waals surface area contributed by atoms with Crippen LogP contribution in [0.2, 0.25) is 0 Å². The van der Waals surface area contributed by atoms with Gasteiger partial charge in [0, 0.05) is 24.2 Å². The van der Waals surface area contributed by atoms with Crippen molar-refractivity contribution >= 4 is 0 Å². The number of hydrogen-bond donors (Lipinski definition) is 2. The zero-order valence-corrected chi connectivity index (χ0v) is 10.4. The molecular weight excluding hydrogens is 198 g/mol. The van der Waals surface area contributed by atoms with Crippen molar-refractivity contribution in [3.8, 4) is 12.3 Å². The van der Waals surface area contributed by atoms with Crippen LogP contribution in [0.5, 0.6) is 0 Å². The third kappa shape index (κ3) is 1.98. The molecule has 0 radical (unpaired) electrons. The monoisotopic (exact) mass is 221 g/mol. The molecule has 3 atom stereocenters. The molecule has 2 saturated heterocycles. The molecule has 3 unspecified atom stereocenters. The van der Waals surface area contributed by atoms with Crippen molar-refractivity contribution in [3.63, 3.8) is 0 Å². The Morgan fingerprint density at radius 3 is 2.50 bits per heavy atom. The number of fused-ring (bicyclic) bond motifs is 2. The van der Waals surface area contributed by atoms with Gasteiger partial charge in [0.2, 0.25) is 0 Å². The second kappa shape index (κ2) is 4.37. The maximum absolute atomic E-state index is 5.99. The van der Waals surface area contributed by atoms with E-state index in [1.54, 1.807) is 0 Å². The van der Waals surface area contributed by atoms with Crippen molar-refractivity contribution in [2.75, 3.05) is 13.6 Å². The first-order valence-electron chi connectivity index (χ1n) is 6.26. The van der Waals surface area contributed by atoms with E-state index in [1.165, 1.54) is 12.8 Å². The summed E-state index contributed by atoms with van der Waals surface area (Å²) in [6.45, 7) is 2.73. The number of rotatable bonds is 3. The fourth-order valence-electron chi connectivity index (χ4n) is 3.41. The minimum Gasteiger partial charge on any atom is -0.329 e. The Hall–Kier alpha value is -0.560. The van der Waals surface area contributed by atoms with Crippen LogP contribution in [0.4, 0.5) is 0 Å². The average molecular weight is 221 g/mol. The predicted molar refractivity (Wildman–Crippen MR) is 67.0 cm³/mol. The van der Waals surface area contributed by atoms with Crippen molar-refractivity contribution in [2.45, 2.75) is 56.3 Å². The minimum absolute atomic E-state index is 0.0735. The lowest BCUT2D eigenvalue weighted by molar-refractivity contribution is 0.0919. The fraction of sp³-hybridized carbons (Fsp3) is 0.846. The fourth-order valence-corrected chi connectivity index (χ4v) is 3.41. The van der Waals surface area contributed by atoms with E-state index in [4.69, 9.17) is 12.2 Å². The summed E-state index contributed by atoms with van der Waals surface area (Å²) in [5.74, 6) is 2.75. The number of hydrogen-bond acceptors (Lipinski definition) is 3. The SMILES string of the molecule is C#CC(C)NC1(CN)CC2CCC(C1)N2C. The van der Waals surface area contributed by atoms with Crippen LogP contribution in [-0.2, 0) is 0 Å². The molecule has 0 aromatic rings. The van der Waals surface area contributed by atoms with Gasteiger partial charge in [-0.15, -0.1) is 6.42 Å². The van der Waals surface area contributed by atoms with Gasteiger partial charge >= 0.3 is 0 Å². The molecule has 3 heteroatoms. The third-order valence-electron chi connectivity index (χ3n) is 4.40. The molecule has 2 bridgehead atoms. The molecule has 3 nitrogen and oxygen atoms in total. The molecule has 0 spiro atoms. The van der Waals surface area contributed by atoms with Gasteiger partial charge in [0.05, 0.1) is 6.04 Å². The molecule has 2 heterocycles. The molecule has 0 aromatic heterocycles. The van der Waals surface area contributed by atoms with E-state index in [-0.39, 0.29) is 11.6 Å². The van der Waals surface area contributed by atoms with Gasteiger partial charge in [-0.25, -0.2) is 0 Å². The van der Waals surface area contributed by atoms with Crippen LogP contribution in [0.25, 0.3) is 0 Å². The Morgan fingerprint density at radius 2 is 2.06 bits per heavy atom. The highest BCUT2D eigenvalue weighted by Gasteiger charge is 2.46. The van der Waals surface area contributed by atoms with Gasteiger partial charge in [0.25, 0.3) is 0 Å². The van der Waals surface area contributed by atoms with Gasteiger partial charge in [-0.2, -0.15) is 0 Å². The highest BCUT2D eigenvalue weighted by Crippen LogP contribution is 2.39. The molecule has 0 saturated carbocycles. The summed E-state index contributed by atoms with van der Waals surface area (Å²) in [6, 6.07) is 1.51. The lowest BCUT2D eigenvalue weighted by Gasteiger charge is -2.46. The van der Waals surface area contributed by atoms with Crippen LogP contribution >= 0.6 is 0 Å². The summed E-state index contributed by atoms with van der Waals surface area (Å²) in [7, 11) is 2.24. The number of nitrogens with zero attached hydrogens (tertiary/aromatic N) is 1. The lowest BCUT2D eigenvalue weighted by Crippen LogP contribution is -2.62. The smallest absolute Gasteiger partial charge is 0.0663 e. The summed E-state index contributed by atoms with van der Waals surface area (Å²) < 4.78 is 0. The van der Waals surface area contributed by atoms with Gasteiger partial charge < -0.3 is 10.6 Å². The van der Waals surface area contributed by atoms with Gasteiger partial charge in [0.1, 0.15) is 0 Å². The van der Waals surface area contributed by atoms with Gasteiger partial charge in [-0.1, -0.05) is 5.92 Å². The number of piperidine rings is 1. The normalized spacial score (nSPS) is 40.6. The predicted octanol–water partition coefficient (Wildman–Crippen LogP) is 0.552. The van der Waals surface area contributed by atoms with Crippen molar-refractivity contribution in [1.29, 1.82) is 0 Å². The minimum atomic E-state index is 0.0735. The Kier molecular flexibility index (Phi) is 3.25. The molecule has 2 aliphatic rings. The quantitative estimate of drug-likeness (QED) is 0.684. The van der Waals surface area contributed by atoms with Gasteiger partial charge in [-0.05, 0) is 39.7 Å². The Bertz CT molecular complexity index is 280. The van der Waals surface area contributed by atoms with Gasteiger partial charge in [0.15, 0.2) is 0 Å². The van der Waals surface area contributed by atoms with E-state index >= 15 is 0 Å².